The van der Waals surface area contributed by atoms with Crippen LogP contribution < -0.4 is 5.30 Å². The van der Waals surface area contributed by atoms with Crippen molar-refractivity contribution in [3.8, 4) is 0 Å². The summed E-state index contributed by atoms with van der Waals surface area (Å²) in [6.45, 7) is 9.58. The fourth-order valence-corrected chi connectivity index (χ4v) is 7.09. The zero-order valence-corrected chi connectivity index (χ0v) is 15.4. The van der Waals surface area contributed by atoms with Gasteiger partial charge in [-0.1, -0.05) is 66.7 Å². The lowest BCUT2D eigenvalue weighted by molar-refractivity contribution is 0.777. The molecule has 118 valence electrons. The van der Waals surface area contributed by atoms with Crippen LogP contribution in [-0.2, 0) is 12.8 Å². The molecule has 0 amide bonds. The van der Waals surface area contributed by atoms with Crippen molar-refractivity contribution in [2.45, 2.75) is 90.4 Å². The Hall–Kier alpha value is -0.350. The van der Waals surface area contributed by atoms with Crippen LogP contribution in [0.15, 0.2) is 18.2 Å². The molecule has 21 heavy (non-hydrogen) atoms. The van der Waals surface area contributed by atoms with Gasteiger partial charge in [0.25, 0.3) is 0 Å². The van der Waals surface area contributed by atoms with Crippen LogP contribution in [0.2, 0.25) is 0 Å². The van der Waals surface area contributed by atoms with E-state index in [9.17, 15) is 0 Å². The molecule has 1 aromatic rings. The smallest absolute Gasteiger partial charge is 0.0195 e. The molecular formula is C20H33P. The highest BCUT2D eigenvalue weighted by atomic mass is 31.1. The molecule has 0 nitrogen and oxygen atoms in total. The van der Waals surface area contributed by atoms with Crippen molar-refractivity contribution in [3.63, 3.8) is 0 Å². The zero-order chi connectivity index (χ0) is 15.2. The summed E-state index contributed by atoms with van der Waals surface area (Å²) in [6.07, 6.45) is 10.7. The molecule has 2 rings (SSSR count). The Bertz CT molecular complexity index is 427. The Morgan fingerprint density at radius 1 is 0.952 bits per heavy atom. The van der Waals surface area contributed by atoms with E-state index < -0.39 is 0 Å². The third-order valence-corrected chi connectivity index (χ3v) is 8.40. The average molecular weight is 304 g/mol. The molecule has 1 fully saturated rings. The number of aryl methyl sites for hydroxylation is 2. The standard InChI is InChI=1S/C20H33P/c1-5-7-9-18-13-14-20(19(15-18)10-8-6-2)21-16(3)11-12-17(21)4/h13-17H,5-12H2,1-4H3. The van der Waals surface area contributed by atoms with Gasteiger partial charge in [-0.2, -0.15) is 0 Å². The van der Waals surface area contributed by atoms with Crippen LogP contribution in [0.1, 0.15) is 77.3 Å². The fourth-order valence-electron chi connectivity index (χ4n) is 3.66. The van der Waals surface area contributed by atoms with Crippen molar-refractivity contribution in [1.29, 1.82) is 0 Å². The number of benzene rings is 1. The minimum absolute atomic E-state index is 0.0747. The monoisotopic (exact) mass is 304 g/mol. The first-order valence-corrected chi connectivity index (χ1v) is 10.6. The lowest BCUT2D eigenvalue weighted by Gasteiger charge is -2.25. The molecule has 2 unspecified atom stereocenters. The van der Waals surface area contributed by atoms with E-state index in [1.54, 1.807) is 16.4 Å². The summed E-state index contributed by atoms with van der Waals surface area (Å²) in [5.74, 6) is 0. The van der Waals surface area contributed by atoms with Gasteiger partial charge in [-0.25, -0.2) is 0 Å². The lowest BCUT2D eigenvalue weighted by atomic mass is 10.0. The quantitative estimate of drug-likeness (QED) is 0.538. The molecule has 0 saturated carbocycles. The molecule has 1 aliphatic rings. The van der Waals surface area contributed by atoms with Gasteiger partial charge in [-0.3, -0.25) is 0 Å². The molecule has 0 spiro atoms. The van der Waals surface area contributed by atoms with E-state index in [0.29, 0.717) is 0 Å². The second-order valence-corrected chi connectivity index (χ2v) is 9.91. The summed E-state index contributed by atoms with van der Waals surface area (Å²) >= 11 is 0. The molecule has 1 heterocycles. The molecule has 0 aliphatic carbocycles. The van der Waals surface area contributed by atoms with E-state index in [1.807, 2.05) is 0 Å². The first-order valence-electron chi connectivity index (χ1n) is 9.07. The Morgan fingerprint density at radius 2 is 1.57 bits per heavy atom. The maximum atomic E-state index is 2.56. The predicted octanol–water partition coefficient (Wildman–Crippen LogP) is 6.05. The highest BCUT2D eigenvalue weighted by molar-refractivity contribution is 7.67. The van der Waals surface area contributed by atoms with Gasteiger partial charge in [0.05, 0.1) is 0 Å². The Balaban J connectivity index is 2.25. The van der Waals surface area contributed by atoms with Gasteiger partial charge in [-0.15, -0.1) is 0 Å². The van der Waals surface area contributed by atoms with Crippen molar-refractivity contribution in [1.82, 2.24) is 0 Å². The molecule has 0 radical (unpaired) electrons. The van der Waals surface area contributed by atoms with E-state index in [-0.39, 0.29) is 7.92 Å². The number of hydrogen-bond acceptors (Lipinski definition) is 0. The molecule has 1 aliphatic heterocycles. The molecule has 1 saturated heterocycles. The molecule has 0 aromatic heterocycles. The van der Waals surface area contributed by atoms with Gasteiger partial charge in [0.2, 0.25) is 0 Å². The average Bonchev–Trinajstić information content (AvgIpc) is 2.82. The minimum Gasteiger partial charge on any atom is -0.0692 e. The van der Waals surface area contributed by atoms with Crippen molar-refractivity contribution in [2.24, 2.45) is 0 Å². The van der Waals surface area contributed by atoms with Crippen LogP contribution in [0, 0.1) is 0 Å². The third-order valence-electron chi connectivity index (χ3n) is 4.99. The van der Waals surface area contributed by atoms with Crippen LogP contribution in [0.5, 0.6) is 0 Å². The van der Waals surface area contributed by atoms with Crippen LogP contribution in [-0.4, -0.2) is 11.3 Å². The Kier molecular flexibility index (Phi) is 6.74. The molecule has 0 bridgehead atoms. The number of rotatable bonds is 7. The molecule has 2 atom stereocenters. The summed E-state index contributed by atoms with van der Waals surface area (Å²) < 4.78 is 0. The Labute approximate surface area is 133 Å². The van der Waals surface area contributed by atoms with E-state index in [2.05, 4.69) is 45.9 Å². The van der Waals surface area contributed by atoms with E-state index >= 15 is 0 Å². The van der Waals surface area contributed by atoms with Crippen molar-refractivity contribution in [3.05, 3.63) is 29.3 Å². The van der Waals surface area contributed by atoms with Crippen molar-refractivity contribution in [2.75, 3.05) is 0 Å². The first-order chi connectivity index (χ1) is 10.2. The fraction of sp³-hybridized carbons (Fsp3) is 0.700. The van der Waals surface area contributed by atoms with Crippen LogP contribution in [0.4, 0.5) is 0 Å². The highest BCUT2D eigenvalue weighted by Crippen LogP contribution is 2.54. The third kappa shape index (κ3) is 4.32. The lowest BCUT2D eigenvalue weighted by Crippen LogP contribution is -2.16. The van der Waals surface area contributed by atoms with E-state index in [1.165, 1.54) is 51.4 Å². The summed E-state index contributed by atoms with van der Waals surface area (Å²) in [7, 11) is 0.0747. The van der Waals surface area contributed by atoms with Crippen LogP contribution >= 0.6 is 7.92 Å². The topological polar surface area (TPSA) is 0 Å². The molecule has 1 aromatic carbocycles. The van der Waals surface area contributed by atoms with E-state index in [0.717, 1.165) is 11.3 Å². The van der Waals surface area contributed by atoms with Gasteiger partial charge in [0, 0.05) is 0 Å². The highest BCUT2D eigenvalue weighted by Gasteiger charge is 2.32. The zero-order valence-electron chi connectivity index (χ0n) is 14.5. The predicted molar refractivity (Wildman–Crippen MR) is 98.4 cm³/mol. The first kappa shape index (κ1) is 17.0. The van der Waals surface area contributed by atoms with Gasteiger partial charge < -0.3 is 0 Å². The maximum absolute atomic E-state index is 2.56. The maximum Gasteiger partial charge on any atom is -0.0195 e. The molecule has 1 heteroatoms. The summed E-state index contributed by atoms with van der Waals surface area (Å²) in [5.41, 5.74) is 5.12. The second-order valence-electron chi connectivity index (χ2n) is 6.85. The number of hydrogen-bond donors (Lipinski definition) is 0. The summed E-state index contributed by atoms with van der Waals surface area (Å²) in [6, 6.07) is 7.50. The van der Waals surface area contributed by atoms with E-state index in [4.69, 9.17) is 0 Å². The number of unbranched alkanes of at least 4 members (excludes halogenated alkanes) is 2. The normalized spacial score (nSPS) is 25.4. The van der Waals surface area contributed by atoms with Crippen LogP contribution in [0.25, 0.3) is 0 Å². The summed E-state index contributed by atoms with van der Waals surface area (Å²) in [5, 5.41) is 1.75. The van der Waals surface area contributed by atoms with Gasteiger partial charge in [-0.05, 0) is 66.3 Å². The Morgan fingerprint density at radius 3 is 2.19 bits per heavy atom. The summed E-state index contributed by atoms with van der Waals surface area (Å²) in [4.78, 5) is 0. The van der Waals surface area contributed by atoms with Crippen molar-refractivity contribution >= 4 is 13.2 Å². The van der Waals surface area contributed by atoms with Gasteiger partial charge in [0.1, 0.15) is 0 Å². The molecule has 0 N–H and O–H groups in total. The van der Waals surface area contributed by atoms with Gasteiger partial charge in [0.15, 0.2) is 0 Å². The SMILES string of the molecule is CCCCc1ccc(P2C(C)CCC2C)c(CCCC)c1. The van der Waals surface area contributed by atoms with Crippen LogP contribution in [0.3, 0.4) is 0 Å². The largest absolute Gasteiger partial charge is 0.0692 e. The second kappa shape index (κ2) is 8.33. The molecular weight excluding hydrogens is 271 g/mol. The van der Waals surface area contributed by atoms with Crippen molar-refractivity contribution < 1.29 is 0 Å². The minimum atomic E-state index is 0.0747. The van der Waals surface area contributed by atoms with Gasteiger partial charge >= 0.3 is 0 Å².